The topological polar surface area (TPSA) is 12.9 Å². The molecule has 0 radical (unpaired) electrons. The highest BCUT2D eigenvalue weighted by molar-refractivity contribution is 7.10. The summed E-state index contributed by atoms with van der Waals surface area (Å²) < 4.78 is 0.913. The molecule has 0 amide bonds. The van der Waals surface area contributed by atoms with Gasteiger partial charge >= 0.3 is 0 Å². The summed E-state index contributed by atoms with van der Waals surface area (Å²) >= 11 is 1.80. The Morgan fingerprint density at radius 1 is 1.29 bits per heavy atom. The molecule has 14 heavy (non-hydrogen) atoms. The Morgan fingerprint density at radius 2 is 2.00 bits per heavy atom. The van der Waals surface area contributed by atoms with Gasteiger partial charge in [-0.3, -0.25) is 4.48 Å². The normalized spacial score (nSPS) is 12.0. The summed E-state index contributed by atoms with van der Waals surface area (Å²) in [5, 5.41) is 3.49. The van der Waals surface area contributed by atoms with Crippen LogP contribution in [0.15, 0.2) is 5.38 Å². The largest absolute Gasteiger partial charge is 0.279 e. The molecule has 80 valence electrons. The highest BCUT2D eigenvalue weighted by Crippen LogP contribution is 2.22. The summed E-state index contributed by atoms with van der Waals surface area (Å²) in [6.45, 7) is 5.59. The van der Waals surface area contributed by atoms with Gasteiger partial charge in [-0.15, -0.1) is 11.3 Å². The monoisotopic (exact) mass is 213 g/mol. The van der Waals surface area contributed by atoms with E-state index >= 15 is 0 Å². The lowest BCUT2D eigenvalue weighted by molar-refractivity contribution is 0.389. The van der Waals surface area contributed by atoms with E-state index in [2.05, 4.69) is 38.3 Å². The van der Waals surface area contributed by atoms with Crippen LogP contribution in [-0.2, 0) is 6.42 Å². The third kappa shape index (κ3) is 2.79. The zero-order valence-electron chi connectivity index (χ0n) is 9.71. The Bertz CT molecular complexity index is 279. The van der Waals surface area contributed by atoms with E-state index < -0.39 is 0 Å². The lowest BCUT2D eigenvalue weighted by atomic mass is 10.3. The Hall–Kier alpha value is -0.410. The van der Waals surface area contributed by atoms with Gasteiger partial charge < -0.3 is 0 Å². The molecule has 1 rings (SSSR count). The molecule has 0 bridgehead atoms. The van der Waals surface area contributed by atoms with E-state index in [1.165, 1.54) is 23.7 Å². The summed E-state index contributed by atoms with van der Waals surface area (Å²) in [5.74, 6) is 1.22. The summed E-state index contributed by atoms with van der Waals surface area (Å²) in [5.41, 5.74) is 0. The Labute approximate surface area is 91.2 Å². The number of nitrogens with zero attached hydrogens (tertiary/aromatic N) is 2. The van der Waals surface area contributed by atoms with Crippen LogP contribution >= 0.6 is 11.3 Å². The van der Waals surface area contributed by atoms with Crippen molar-refractivity contribution in [3.8, 4) is 0 Å². The summed E-state index contributed by atoms with van der Waals surface area (Å²) in [6.07, 6.45) is 3.51. The fourth-order valence-corrected chi connectivity index (χ4v) is 2.63. The van der Waals surface area contributed by atoms with E-state index in [9.17, 15) is 0 Å². The zero-order valence-corrected chi connectivity index (χ0v) is 10.5. The smallest absolute Gasteiger partial charge is 0.238 e. The maximum atomic E-state index is 4.68. The molecule has 0 aliphatic heterocycles. The summed E-state index contributed by atoms with van der Waals surface area (Å²) in [7, 11) is 4.46. The first-order chi connectivity index (χ1) is 6.60. The van der Waals surface area contributed by atoms with Crippen LogP contribution in [0.4, 0.5) is 5.82 Å². The molecular formula is C11H21N2S+. The van der Waals surface area contributed by atoms with Gasteiger partial charge in [0.25, 0.3) is 0 Å². The molecule has 0 spiro atoms. The molecule has 0 saturated carbocycles. The van der Waals surface area contributed by atoms with Crippen molar-refractivity contribution in [2.75, 3.05) is 20.6 Å². The molecule has 3 heteroatoms. The minimum Gasteiger partial charge on any atom is -0.279 e. The van der Waals surface area contributed by atoms with Crippen LogP contribution in [0.3, 0.4) is 0 Å². The van der Waals surface area contributed by atoms with Crippen LogP contribution in [0.25, 0.3) is 0 Å². The van der Waals surface area contributed by atoms with Crippen LogP contribution in [0.1, 0.15) is 31.7 Å². The van der Waals surface area contributed by atoms with Crippen LogP contribution in [0.2, 0.25) is 0 Å². The molecule has 0 saturated heterocycles. The molecule has 0 unspecified atom stereocenters. The Morgan fingerprint density at radius 3 is 2.57 bits per heavy atom. The number of thiazole rings is 1. The number of rotatable bonds is 5. The minimum atomic E-state index is 0.913. The molecule has 1 heterocycles. The van der Waals surface area contributed by atoms with Crippen molar-refractivity contribution in [1.82, 2.24) is 9.47 Å². The predicted octanol–water partition coefficient (Wildman–Crippen LogP) is 3.07. The van der Waals surface area contributed by atoms with Gasteiger partial charge in [0.2, 0.25) is 5.82 Å². The van der Waals surface area contributed by atoms with Crippen molar-refractivity contribution < 1.29 is 0 Å². The van der Waals surface area contributed by atoms with Crippen molar-refractivity contribution in [1.29, 1.82) is 0 Å². The Kier molecular flexibility index (Phi) is 4.08. The average molecular weight is 213 g/mol. The fourth-order valence-electron chi connectivity index (χ4n) is 1.58. The molecule has 0 aliphatic rings. The maximum Gasteiger partial charge on any atom is 0.238 e. The number of hydrogen-bond acceptors (Lipinski definition) is 2. The van der Waals surface area contributed by atoms with E-state index in [0.29, 0.717) is 0 Å². The Balaban J connectivity index is 2.74. The summed E-state index contributed by atoms with van der Waals surface area (Å²) in [4.78, 5) is 4.68. The quantitative estimate of drug-likeness (QED) is 0.685. The highest BCUT2D eigenvalue weighted by atomic mass is 32.1. The molecule has 1 aromatic rings. The molecular weight excluding hydrogens is 192 g/mol. The first-order valence-electron chi connectivity index (χ1n) is 5.38. The molecule has 0 aromatic carbocycles. The van der Waals surface area contributed by atoms with E-state index in [1.807, 2.05) is 0 Å². The summed E-state index contributed by atoms with van der Waals surface area (Å²) in [6, 6.07) is 0. The van der Waals surface area contributed by atoms with Crippen LogP contribution < -0.4 is 4.48 Å². The van der Waals surface area contributed by atoms with E-state index in [-0.39, 0.29) is 0 Å². The van der Waals surface area contributed by atoms with Gasteiger partial charge in [-0.1, -0.05) is 13.8 Å². The van der Waals surface area contributed by atoms with Gasteiger partial charge in [0.1, 0.15) is 0 Å². The molecule has 1 aromatic heterocycles. The van der Waals surface area contributed by atoms with Crippen molar-refractivity contribution in [3.05, 3.63) is 10.4 Å². The third-order valence-corrected chi connectivity index (χ3v) is 3.30. The molecule has 2 nitrogen and oxygen atoms in total. The van der Waals surface area contributed by atoms with Gasteiger partial charge in [0, 0.05) is 0 Å². The zero-order chi connectivity index (χ0) is 10.6. The van der Waals surface area contributed by atoms with Gasteiger partial charge in [-0.2, -0.15) is 4.98 Å². The van der Waals surface area contributed by atoms with Crippen LogP contribution in [-0.4, -0.2) is 25.6 Å². The average Bonchev–Trinajstić information content (AvgIpc) is 2.54. The minimum absolute atomic E-state index is 0.913. The standard InChI is InChI=1S/C11H21N2S/c1-5-7-11-12-10(9-14-11)13(3,4)8-6-2/h9H,5-8H2,1-4H3/q+1. The maximum absolute atomic E-state index is 4.68. The van der Waals surface area contributed by atoms with Crippen LogP contribution in [0, 0.1) is 0 Å². The van der Waals surface area contributed by atoms with Crippen LogP contribution in [0.5, 0.6) is 0 Å². The molecule has 0 atom stereocenters. The number of hydrogen-bond donors (Lipinski definition) is 0. The molecule has 0 fully saturated rings. The fraction of sp³-hybridized carbons (Fsp3) is 0.727. The highest BCUT2D eigenvalue weighted by Gasteiger charge is 2.20. The van der Waals surface area contributed by atoms with Crippen molar-refractivity contribution in [2.24, 2.45) is 0 Å². The second-order valence-electron chi connectivity index (χ2n) is 4.26. The second-order valence-corrected chi connectivity index (χ2v) is 5.20. The predicted molar refractivity (Wildman–Crippen MR) is 64.9 cm³/mol. The van der Waals surface area contributed by atoms with Gasteiger partial charge in [0.15, 0.2) is 0 Å². The van der Waals surface area contributed by atoms with Gasteiger partial charge in [0.05, 0.1) is 31.0 Å². The van der Waals surface area contributed by atoms with Crippen molar-refractivity contribution in [3.63, 3.8) is 0 Å². The second kappa shape index (κ2) is 4.89. The van der Waals surface area contributed by atoms with E-state index in [1.54, 1.807) is 11.3 Å². The SMILES string of the molecule is CCCc1nc([N+](C)(C)CCC)cs1. The molecule has 0 N–H and O–H groups in total. The number of aryl methyl sites for hydroxylation is 1. The van der Waals surface area contributed by atoms with Gasteiger partial charge in [-0.05, 0) is 19.3 Å². The number of quaternary nitrogens is 1. The third-order valence-electron chi connectivity index (χ3n) is 2.41. The lowest BCUT2D eigenvalue weighted by Crippen LogP contribution is -2.41. The molecule has 0 aliphatic carbocycles. The van der Waals surface area contributed by atoms with Crippen molar-refractivity contribution in [2.45, 2.75) is 33.1 Å². The van der Waals surface area contributed by atoms with Gasteiger partial charge in [-0.25, -0.2) is 0 Å². The van der Waals surface area contributed by atoms with Crippen molar-refractivity contribution >= 4 is 17.2 Å². The van der Waals surface area contributed by atoms with E-state index in [4.69, 9.17) is 0 Å². The lowest BCUT2D eigenvalue weighted by Gasteiger charge is -2.25. The first kappa shape index (κ1) is 11.7. The van der Waals surface area contributed by atoms with E-state index in [0.717, 1.165) is 17.4 Å². The first-order valence-corrected chi connectivity index (χ1v) is 6.26. The number of aromatic nitrogens is 1.